The third kappa shape index (κ3) is 15.3. The van der Waals surface area contributed by atoms with E-state index in [0.29, 0.717) is 0 Å². The third-order valence-electron chi connectivity index (χ3n) is 5.31. The van der Waals surface area contributed by atoms with E-state index in [0.717, 1.165) is 34.1 Å². The second-order valence-corrected chi connectivity index (χ2v) is 8.66. The topological polar surface area (TPSA) is 62.5 Å². The molecule has 1 N–H and O–H groups in total. The molecule has 6 rings (SSSR count). The predicted molar refractivity (Wildman–Crippen MR) is 179 cm³/mol. The maximum absolute atomic E-state index is 7.57. The average molecular weight is 599 g/mol. The molecule has 0 aliphatic heterocycles. The number of aliphatic hydroxyl groups excluding tert-OH is 1. The van der Waals surface area contributed by atoms with Crippen molar-refractivity contribution in [2.75, 3.05) is 6.61 Å². The Morgan fingerprint density at radius 3 is 0.558 bits per heavy atom. The SMILES string of the molecule is CCO.[Ti+3].c1ccc([N-]c2ccccc2)cc1.c1ccc([N-]c2ccccc2)cc1.c1ccc([N-]c2ccccc2)cc1. The van der Waals surface area contributed by atoms with Crippen molar-refractivity contribution in [3.05, 3.63) is 198 Å². The van der Waals surface area contributed by atoms with Crippen LogP contribution in [0.15, 0.2) is 182 Å². The number of hydrogen-bond donors (Lipinski definition) is 1. The van der Waals surface area contributed by atoms with Crippen molar-refractivity contribution >= 4 is 34.1 Å². The van der Waals surface area contributed by atoms with Gasteiger partial charge >= 0.3 is 21.7 Å². The van der Waals surface area contributed by atoms with E-state index >= 15 is 0 Å². The fourth-order valence-electron chi connectivity index (χ4n) is 3.46. The third-order valence-corrected chi connectivity index (χ3v) is 5.31. The predicted octanol–water partition coefficient (Wildman–Crippen LogP) is 12.1. The van der Waals surface area contributed by atoms with Crippen molar-refractivity contribution in [1.82, 2.24) is 0 Å². The van der Waals surface area contributed by atoms with Gasteiger partial charge in [0.05, 0.1) is 0 Å². The van der Waals surface area contributed by atoms with E-state index in [4.69, 9.17) is 5.11 Å². The first-order valence-corrected chi connectivity index (χ1v) is 13.8. The zero-order valence-corrected chi connectivity index (χ0v) is 25.9. The first-order chi connectivity index (χ1) is 20.8. The summed E-state index contributed by atoms with van der Waals surface area (Å²) >= 11 is 0. The zero-order chi connectivity index (χ0) is 29.5. The molecule has 0 aromatic heterocycles. The number of rotatable bonds is 6. The van der Waals surface area contributed by atoms with E-state index in [9.17, 15) is 0 Å². The van der Waals surface area contributed by atoms with Gasteiger partial charge in [0.15, 0.2) is 0 Å². The van der Waals surface area contributed by atoms with Crippen LogP contribution < -0.4 is 0 Å². The summed E-state index contributed by atoms with van der Waals surface area (Å²) in [5.41, 5.74) is 5.97. The molecule has 0 fully saturated rings. The molecule has 0 atom stereocenters. The molecule has 0 amide bonds. The maximum atomic E-state index is 7.57. The quantitative estimate of drug-likeness (QED) is 0.191. The number of benzene rings is 6. The van der Waals surface area contributed by atoms with Gasteiger partial charge in [-0.1, -0.05) is 182 Å². The van der Waals surface area contributed by atoms with Crippen LogP contribution in [0.4, 0.5) is 34.1 Å². The van der Waals surface area contributed by atoms with Crippen molar-refractivity contribution in [3.8, 4) is 0 Å². The second-order valence-electron chi connectivity index (χ2n) is 8.66. The molecule has 1 radical (unpaired) electrons. The van der Waals surface area contributed by atoms with E-state index in [1.807, 2.05) is 182 Å². The van der Waals surface area contributed by atoms with E-state index < -0.39 is 0 Å². The molecule has 6 aromatic carbocycles. The smallest absolute Gasteiger partial charge is 0.658 e. The molecule has 0 heterocycles. The summed E-state index contributed by atoms with van der Waals surface area (Å²) in [7, 11) is 0. The summed E-state index contributed by atoms with van der Waals surface area (Å²) in [5.74, 6) is 0. The molecule has 0 saturated carbocycles. The summed E-state index contributed by atoms with van der Waals surface area (Å²) in [6.07, 6.45) is 0. The molecule has 6 aromatic rings. The molecule has 4 nitrogen and oxygen atoms in total. The Morgan fingerprint density at radius 1 is 0.326 bits per heavy atom. The van der Waals surface area contributed by atoms with Crippen LogP contribution >= 0.6 is 0 Å². The van der Waals surface area contributed by atoms with Gasteiger partial charge in [-0.25, -0.2) is 0 Å². The molecule has 0 bridgehead atoms. The van der Waals surface area contributed by atoms with Gasteiger partial charge in [-0.05, 0) is 6.92 Å². The molecule has 0 saturated heterocycles. The van der Waals surface area contributed by atoms with Gasteiger partial charge in [-0.15, -0.1) is 34.1 Å². The number of aliphatic hydroxyl groups is 1. The van der Waals surface area contributed by atoms with Crippen LogP contribution in [0.3, 0.4) is 0 Å². The van der Waals surface area contributed by atoms with Crippen molar-refractivity contribution in [2.24, 2.45) is 0 Å². The van der Waals surface area contributed by atoms with Crippen LogP contribution in [0.2, 0.25) is 0 Å². The van der Waals surface area contributed by atoms with Crippen molar-refractivity contribution in [3.63, 3.8) is 0 Å². The van der Waals surface area contributed by atoms with Gasteiger partial charge in [-0.3, -0.25) is 0 Å². The Labute approximate surface area is 271 Å². The minimum Gasteiger partial charge on any atom is -0.658 e. The molecule has 0 spiro atoms. The zero-order valence-electron chi connectivity index (χ0n) is 24.3. The Bertz CT molecular complexity index is 1160. The van der Waals surface area contributed by atoms with Crippen LogP contribution in [0.5, 0.6) is 0 Å². The van der Waals surface area contributed by atoms with Gasteiger partial charge < -0.3 is 21.1 Å². The van der Waals surface area contributed by atoms with Crippen molar-refractivity contribution in [1.29, 1.82) is 0 Å². The molecular formula is C38H36N3OTi. The summed E-state index contributed by atoms with van der Waals surface area (Å²) < 4.78 is 0. The molecule has 0 aliphatic carbocycles. The van der Waals surface area contributed by atoms with Gasteiger partial charge in [0.2, 0.25) is 0 Å². The summed E-state index contributed by atoms with van der Waals surface area (Å²) in [6.45, 7) is 1.93. The number of para-hydroxylation sites is 6. The van der Waals surface area contributed by atoms with E-state index in [1.165, 1.54) is 0 Å². The first-order valence-electron chi connectivity index (χ1n) is 13.8. The van der Waals surface area contributed by atoms with Crippen LogP contribution in [0, 0.1) is 0 Å². The fraction of sp³-hybridized carbons (Fsp3) is 0.0526. The normalized spacial score (nSPS) is 9.07. The molecule has 0 aliphatic rings. The van der Waals surface area contributed by atoms with Crippen LogP contribution in [-0.4, -0.2) is 11.7 Å². The van der Waals surface area contributed by atoms with Crippen LogP contribution in [-0.2, 0) is 21.7 Å². The first kappa shape index (κ1) is 34.6. The van der Waals surface area contributed by atoms with Crippen molar-refractivity contribution < 1.29 is 26.8 Å². The minimum atomic E-state index is 0. The molecule has 5 heteroatoms. The Morgan fingerprint density at radius 2 is 0.442 bits per heavy atom. The van der Waals surface area contributed by atoms with Crippen molar-refractivity contribution in [2.45, 2.75) is 6.92 Å². The maximum Gasteiger partial charge on any atom is 3.00 e. The summed E-state index contributed by atoms with van der Waals surface area (Å²) in [6, 6.07) is 59.7. The van der Waals surface area contributed by atoms with E-state index in [2.05, 4.69) is 16.0 Å². The van der Waals surface area contributed by atoms with Gasteiger partial charge in [0.1, 0.15) is 0 Å². The minimum absolute atomic E-state index is 0. The number of nitrogens with zero attached hydrogens (tertiary/aromatic N) is 3. The average Bonchev–Trinajstić information content (AvgIpc) is 3.05. The Balaban J connectivity index is 0.000000213. The molecule has 43 heavy (non-hydrogen) atoms. The monoisotopic (exact) mass is 598 g/mol. The van der Waals surface area contributed by atoms with E-state index in [-0.39, 0.29) is 28.3 Å². The van der Waals surface area contributed by atoms with Crippen LogP contribution in [0.1, 0.15) is 6.92 Å². The summed E-state index contributed by atoms with van der Waals surface area (Å²) in [4.78, 5) is 0. The van der Waals surface area contributed by atoms with Gasteiger partial charge in [0, 0.05) is 6.61 Å². The molecule has 213 valence electrons. The molecule has 0 unspecified atom stereocenters. The number of hydrogen-bond acceptors (Lipinski definition) is 1. The second kappa shape index (κ2) is 22.1. The summed E-state index contributed by atoms with van der Waals surface area (Å²) in [5, 5.41) is 20.9. The Kier molecular flexibility index (Phi) is 17.7. The van der Waals surface area contributed by atoms with Crippen LogP contribution in [0.25, 0.3) is 16.0 Å². The van der Waals surface area contributed by atoms with Gasteiger partial charge in [-0.2, -0.15) is 0 Å². The standard InChI is InChI=1S/3C12H10N.C2H6O.Ti/c3*1-3-7-11(8-4-1)13-12-9-5-2-6-10-12;1-2-3;/h3*1-10H;3H,2H2,1H3;/q3*-1;;+3. The fourth-order valence-corrected chi connectivity index (χ4v) is 3.46. The van der Waals surface area contributed by atoms with Gasteiger partial charge in [0.25, 0.3) is 0 Å². The molecular weight excluding hydrogens is 562 g/mol. The largest absolute Gasteiger partial charge is 3.00 e. The Hall–Kier alpha value is -4.61. The van der Waals surface area contributed by atoms with E-state index in [1.54, 1.807) is 6.92 Å².